The number of rotatable bonds is 2. The number of fused-ring (bicyclic) bond motifs is 2. The van der Waals surface area contributed by atoms with Crippen molar-refractivity contribution in [3.05, 3.63) is 58.8 Å². The Labute approximate surface area is 155 Å². The van der Waals surface area contributed by atoms with E-state index in [1.807, 2.05) is 48.5 Å². The lowest BCUT2D eigenvalue weighted by molar-refractivity contribution is 0.0836. The summed E-state index contributed by atoms with van der Waals surface area (Å²) in [5.41, 5.74) is 1.03. The molecule has 0 radical (unpaired) electrons. The summed E-state index contributed by atoms with van der Waals surface area (Å²) >= 11 is 4.98. The Balaban J connectivity index is 1.53. The molecular formula is C17H11BrN4O2S. The molecule has 0 saturated carbocycles. The first-order valence-corrected chi connectivity index (χ1v) is 9.25. The van der Waals surface area contributed by atoms with Crippen molar-refractivity contribution >= 4 is 32.2 Å². The summed E-state index contributed by atoms with van der Waals surface area (Å²) < 4.78 is 14.6. The number of nitrogens with zero attached hydrogens (tertiary/aromatic N) is 4. The average Bonchev–Trinajstić information content (AvgIpc) is 3.22. The predicted octanol–water partition coefficient (Wildman–Crippen LogP) is 4.13. The molecule has 2 aromatic heterocycles. The van der Waals surface area contributed by atoms with Crippen molar-refractivity contribution in [1.82, 2.24) is 19.8 Å². The van der Waals surface area contributed by atoms with Crippen molar-refractivity contribution in [2.45, 2.75) is 6.10 Å². The highest BCUT2D eigenvalue weighted by molar-refractivity contribution is 9.10. The van der Waals surface area contributed by atoms with Crippen molar-refractivity contribution in [3.8, 4) is 22.1 Å². The van der Waals surface area contributed by atoms with Gasteiger partial charge >= 0.3 is 0 Å². The van der Waals surface area contributed by atoms with Crippen molar-refractivity contribution < 1.29 is 9.47 Å². The van der Waals surface area contributed by atoms with Crippen LogP contribution in [0.2, 0.25) is 0 Å². The van der Waals surface area contributed by atoms with E-state index in [0.717, 1.165) is 25.8 Å². The summed E-state index contributed by atoms with van der Waals surface area (Å²) in [6.45, 7) is 0.377. The van der Waals surface area contributed by atoms with E-state index in [9.17, 15) is 0 Å². The van der Waals surface area contributed by atoms with Crippen LogP contribution in [-0.4, -0.2) is 26.4 Å². The minimum absolute atomic E-state index is 0.345. The molecule has 1 aliphatic rings. The van der Waals surface area contributed by atoms with Gasteiger partial charge in [-0.2, -0.15) is 9.61 Å². The zero-order valence-electron chi connectivity index (χ0n) is 12.8. The third-order valence-corrected chi connectivity index (χ3v) is 5.32. The van der Waals surface area contributed by atoms with Gasteiger partial charge in [-0.25, -0.2) is 0 Å². The molecule has 1 aliphatic heterocycles. The normalized spacial score (nSPS) is 16.3. The molecule has 0 fully saturated rings. The highest BCUT2D eigenvalue weighted by Crippen LogP contribution is 2.36. The topological polar surface area (TPSA) is 61.5 Å². The van der Waals surface area contributed by atoms with Gasteiger partial charge in [0.05, 0.1) is 0 Å². The van der Waals surface area contributed by atoms with E-state index in [4.69, 9.17) is 9.47 Å². The molecule has 1 atom stereocenters. The number of ether oxygens (including phenoxy) is 2. The molecule has 0 N–H and O–H groups in total. The molecule has 0 aliphatic carbocycles. The van der Waals surface area contributed by atoms with E-state index in [2.05, 4.69) is 31.2 Å². The van der Waals surface area contributed by atoms with Gasteiger partial charge in [0.25, 0.3) is 0 Å². The van der Waals surface area contributed by atoms with Crippen LogP contribution in [0.4, 0.5) is 0 Å². The van der Waals surface area contributed by atoms with Gasteiger partial charge in [-0.05, 0) is 24.3 Å². The van der Waals surface area contributed by atoms with Gasteiger partial charge in [0.15, 0.2) is 23.4 Å². The molecule has 0 bridgehead atoms. The fourth-order valence-electron chi connectivity index (χ4n) is 2.72. The largest absolute Gasteiger partial charge is 0.485 e. The minimum Gasteiger partial charge on any atom is -0.485 e. The molecule has 0 amide bonds. The van der Waals surface area contributed by atoms with Gasteiger partial charge in [-0.3, -0.25) is 0 Å². The molecule has 3 heterocycles. The first-order chi connectivity index (χ1) is 12.3. The van der Waals surface area contributed by atoms with Gasteiger partial charge < -0.3 is 9.47 Å². The number of hydrogen-bond acceptors (Lipinski definition) is 6. The zero-order valence-corrected chi connectivity index (χ0v) is 15.2. The summed E-state index contributed by atoms with van der Waals surface area (Å²) in [7, 11) is 0. The molecule has 0 unspecified atom stereocenters. The van der Waals surface area contributed by atoms with Crippen LogP contribution in [0.25, 0.3) is 15.5 Å². The van der Waals surface area contributed by atoms with Crippen LogP contribution in [0, 0.1) is 0 Å². The lowest BCUT2D eigenvalue weighted by Crippen LogP contribution is -2.23. The summed E-state index contributed by atoms with van der Waals surface area (Å²) in [4.78, 5) is 0.729. The maximum Gasteiger partial charge on any atom is 0.235 e. The maximum atomic E-state index is 6.03. The van der Waals surface area contributed by atoms with Gasteiger partial charge in [-0.1, -0.05) is 51.5 Å². The fraction of sp³-hybridized carbons (Fsp3) is 0.118. The number of halogens is 1. The van der Waals surface area contributed by atoms with E-state index in [1.165, 1.54) is 11.3 Å². The standard InChI is InChI=1S/C17H11BrN4O2S/c18-11-5-3-4-10(8-11)16-21-22-15(19-20-17(22)25-16)14-9-23-12-6-1-2-7-13(12)24-14/h1-8,14H,9H2/t14-/m0/s1. The number of benzene rings is 2. The molecule has 0 spiro atoms. The smallest absolute Gasteiger partial charge is 0.235 e. The molecule has 4 aromatic rings. The van der Waals surface area contributed by atoms with Crippen molar-refractivity contribution in [2.75, 3.05) is 6.61 Å². The SMILES string of the molecule is Brc1cccc(-c2nn3c([C@@H]4COc5ccccc5O4)nnc3s2)c1. The van der Waals surface area contributed by atoms with Crippen LogP contribution in [-0.2, 0) is 0 Å². The fourth-order valence-corrected chi connectivity index (χ4v) is 3.96. The van der Waals surface area contributed by atoms with Crippen LogP contribution in [0.3, 0.4) is 0 Å². The summed E-state index contributed by atoms with van der Waals surface area (Å²) in [5.74, 6) is 2.09. The molecule has 124 valence electrons. The molecule has 25 heavy (non-hydrogen) atoms. The summed E-state index contributed by atoms with van der Waals surface area (Å²) in [5, 5.41) is 14.0. The van der Waals surface area contributed by atoms with Gasteiger partial charge in [0, 0.05) is 10.0 Å². The van der Waals surface area contributed by atoms with E-state index in [-0.39, 0.29) is 6.10 Å². The Morgan fingerprint density at radius 1 is 1.08 bits per heavy atom. The second kappa shape index (κ2) is 5.82. The van der Waals surface area contributed by atoms with Crippen LogP contribution < -0.4 is 9.47 Å². The number of para-hydroxylation sites is 2. The van der Waals surface area contributed by atoms with Gasteiger partial charge in [-0.15, -0.1) is 10.2 Å². The van der Waals surface area contributed by atoms with Crippen LogP contribution in [0.1, 0.15) is 11.9 Å². The Morgan fingerprint density at radius 3 is 2.84 bits per heavy atom. The molecule has 6 nitrogen and oxygen atoms in total. The van der Waals surface area contributed by atoms with E-state index < -0.39 is 0 Å². The first kappa shape index (κ1) is 14.9. The number of aromatic nitrogens is 4. The third-order valence-electron chi connectivity index (χ3n) is 3.88. The lowest BCUT2D eigenvalue weighted by Gasteiger charge is -2.24. The Morgan fingerprint density at radius 2 is 1.96 bits per heavy atom. The zero-order chi connectivity index (χ0) is 16.8. The first-order valence-electron chi connectivity index (χ1n) is 7.64. The minimum atomic E-state index is -0.345. The Hall–Kier alpha value is -2.45. The van der Waals surface area contributed by atoms with Crippen molar-refractivity contribution in [3.63, 3.8) is 0 Å². The lowest BCUT2D eigenvalue weighted by atomic mass is 10.2. The molecule has 0 saturated heterocycles. The predicted molar refractivity (Wildman–Crippen MR) is 97.1 cm³/mol. The van der Waals surface area contributed by atoms with E-state index >= 15 is 0 Å². The van der Waals surface area contributed by atoms with Crippen LogP contribution >= 0.6 is 27.3 Å². The molecule has 8 heteroatoms. The third kappa shape index (κ3) is 2.58. The molecule has 2 aromatic carbocycles. The van der Waals surface area contributed by atoms with Crippen LogP contribution in [0.15, 0.2) is 53.0 Å². The summed E-state index contributed by atoms with van der Waals surface area (Å²) in [6.07, 6.45) is -0.345. The number of hydrogen-bond donors (Lipinski definition) is 0. The van der Waals surface area contributed by atoms with Crippen molar-refractivity contribution in [1.29, 1.82) is 0 Å². The van der Waals surface area contributed by atoms with Crippen molar-refractivity contribution in [2.24, 2.45) is 0 Å². The molecule has 5 rings (SSSR count). The molecular weight excluding hydrogens is 404 g/mol. The van der Waals surface area contributed by atoms with E-state index in [0.29, 0.717) is 18.2 Å². The average molecular weight is 415 g/mol. The van der Waals surface area contributed by atoms with Gasteiger partial charge in [0.1, 0.15) is 11.6 Å². The van der Waals surface area contributed by atoms with Gasteiger partial charge in [0.2, 0.25) is 4.96 Å². The highest BCUT2D eigenvalue weighted by Gasteiger charge is 2.28. The maximum absolute atomic E-state index is 6.03. The van der Waals surface area contributed by atoms with Crippen LogP contribution in [0.5, 0.6) is 11.5 Å². The summed E-state index contributed by atoms with van der Waals surface area (Å²) in [6, 6.07) is 15.6. The Kier molecular flexibility index (Phi) is 3.46. The Bertz CT molecular complexity index is 1080. The quantitative estimate of drug-likeness (QED) is 0.493. The highest BCUT2D eigenvalue weighted by atomic mass is 79.9. The monoisotopic (exact) mass is 414 g/mol. The second-order valence-corrected chi connectivity index (χ2v) is 7.41. The van der Waals surface area contributed by atoms with E-state index in [1.54, 1.807) is 4.52 Å². The second-order valence-electron chi connectivity index (χ2n) is 5.53.